The molecule has 2 rings (SSSR count). The molecular formula is C18H13F2NO3S. The molecule has 0 atom stereocenters. The third kappa shape index (κ3) is 4.11. The van der Waals surface area contributed by atoms with Crippen LogP contribution >= 0.6 is 0 Å². The molecule has 0 heterocycles. The second-order valence-electron chi connectivity index (χ2n) is 4.84. The number of carbonyl (C=O) groups is 1. The summed E-state index contributed by atoms with van der Waals surface area (Å²) < 4.78 is 52.7. The Bertz CT molecular complexity index is 928. The first-order valence-corrected chi connectivity index (χ1v) is 8.49. The van der Waals surface area contributed by atoms with Crippen molar-refractivity contribution in [3.63, 3.8) is 0 Å². The SMILES string of the molecule is C#CCN(C(=O)/C=C/c1c(F)cccc1F)S(=O)(=O)c1ccccc1. The first kappa shape index (κ1) is 18.4. The van der Waals surface area contributed by atoms with E-state index in [-0.39, 0.29) is 4.90 Å². The van der Waals surface area contributed by atoms with Crippen LogP contribution < -0.4 is 0 Å². The summed E-state index contributed by atoms with van der Waals surface area (Å²) in [6.07, 6.45) is 6.78. The maximum Gasteiger partial charge on any atom is 0.267 e. The zero-order chi connectivity index (χ0) is 18.4. The minimum Gasteiger partial charge on any atom is -0.269 e. The Morgan fingerprint density at radius 1 is 1.08 bits per heavy atom. The van der Waals surface area contributed by atoms with Gasteiger partial charge in [0.2, 0.25) is 0 Å². The van der Waals surface area contributed by atoms with Crippen molar-refractivity contribution in [3.05, 3.63) is 71.8 Å². The van der Waals surface area contributed by atoms with E-state index < -0.39 is 39.7 Å². The number of terminal acetylenes is 1. The quantitative estimate of drug-likeness (QED) is 0.608. The maximum atomic E-state index is 13.6. The van der Waals surface area contributed by atoms with Crippen LogP contribution in [0.15, 0.2) is 59.5 Å². The van der Waals surface area contributed by atoms with Crippen molar-refractivity contribution in [3.8, 4) is 12.3 Å². The van der Waals surface area contributed by atoms with Crippen molar-refractivity contribution in [2.24, 2.45) is 0 Å². The number of benzene rings is 2. The van der Waals surface area contributed by atoms with Gasteiger partial charge in [0.15, 0.2) is 0 Å². The van der Waals surface area contributed by atoms with Gasteiger partial charge in [-0.15, -0.1) is 6.42 Å². The fraction of sp³-hybridized carbons (Fsp3) is 0.0556. The van der Waals surface area contributed by atoms with Crippen molar-refractivity contribution in [1.29, 1.82) is 0 Å². The van der Waals surface area contributed by atoms with E-state index in [1.54, 1.807) is 6.07 Å². The molecule has 0 N–H and O–H groups in total. The number of hydrogen-bond acceptors (Lipinski definition) is 3. The Morgan fingerprint density at radius 3 is 2.24 bits per heavy atom. The third-order valence-corrected chi connectivity index (χ3v) is 4.96. The zero-order valence-corrected chi connectivity index (χ0v) is 13.7. The van der Waals surface area contributed by atoms with Crippen molar-refractivity contribution in [2.45, 2.75) is 4.90 Å². The van der Waals surface area contributed by atoms with E-state index in [0.717, 1.165) is 24.3 Å². The number of halogens is 2. The Balaban J connectivity index is 2.36. The van der Waals surface area contributed by atoms with Crippen molar-refractivity contribution in [2.75, 3.05) is 6.54 Å². The summed E-state index contributed by atoms with van der Waals surface area (Å²) in [6, 6.07) is 10.5. The molecule has 0 aliphatic carbocycles. The molecule has 7 heteroatoms. The minimum atomic E-state index is -4.18. The number of carbonyl (C=O) groups excluding carboxylic acids is 1. The number of hydrogen-bond donors (Lipinski definition) is 0. The molecule has 0 aliphatic rings. The highest BCUT2D eigenvalue weighted by atomic mass is 32.2. The number of rotatable bonds is 5. The summed E-state index contributed by atoms with van der Waals surface area (Å²) in [5.74, 6) is -0.673. The second-order valence-corrected chi connectivity index (χ2v) is 6.70. The first-order chi connectivity index (χ1) is 11.9. The van der Waals surface area contributed by atoms with Crippen LogP contribution in [0.3, 0.4) is 0 Å². The van der Waals surface area contributed by atoms with Gasteiger partial charge in [0, 0.05) is 11.6 Å². The molecule has 0 spiro atoms. The average molecular weight is 361 g/mol. The van der Waals surface area contributed by atoms with Gasteiger partial charge in [-0.1, -0.05) is 30.2 Å². The minimum absolute atomic E-state index is 0.121. The van der Waals surface area contributed by atoms with Gasteiger partial charge in [-0.3, -0.25) is 4.79 Å². The lowest BCUT2D eigenvalue weighted by Gasteiger charge is -2.18. The van der Waals surface area contributed by atoms with Gasteiger partial charge in [0.25, 0.3) is 15.9 Å². The van der Waals surface area contributed by atoms with Gasteiger partial charge >= 0.3 is 0 Å². The molecule has 4 nitrogen and oxygen atoms in total. The molecule has 2 aromatic carbocycles. The predicted octanol–water partition coefficient (Wildman–Crippen LogP) is 2.83. The van der Waals surface area contributed by atoms with E-state index in [9.17, 15) is 22.0 Å². The predicted molar refractivity (Wildman–Crippen MR) is 89.6 cm³/mol. The van der Waals surface area contributed by atoms with Gasteiger partial charge in [-0.05, 0) is 30.3 Å². The summed E-state index contributed by atoms with van der Waals surface area (Å²) in [6.45, 7) is -0.514. The lowest BCUT2D eigenvalue weighted by molar-refractivity contribution is -0.121. The van der Waals surface area contributed by atoms with Crippen molar-refractivity contribution >= 4 is 22.0 Å². The lowest BCUT2D eigenvalue weighted by Crippen LogP contribution is -2.36. The monoisotopic (exact) mass is 361 g/mol. The van der Waals surface area contributed by atoms with Gasteiger partial charge in [-0.2, -0.15) is 0 Å². The fourth-order valence-corrected chi connectivity index (χ4v) is 3.29. The zero-order valence-electron chi connectivity index (χ0n) is 12.9. The van der Waals surface area contributed by atoms with E-state index in [2.05, 4.69) is 5.92 Å². The van der Waals surface area contributed by atoms with Gasteiger partial charge in [-0.25, -0.2) is 21.5 Å². The molecule has 0 saturated carbocycles. The van der Waals surface area contributed by atoms with Crippen LogP contribution in [-0.4, -0.2) is 25.2 Å². The lowest BCUT2D eigenvalue weighted by atomic mass is 10.2. The molecule has 0 fully saturated rings. The van der Waals surface area contributed by atoms with Crippen molar-refractivity contribution < 1.29 is 22.0 Å². The summed E-state index contributed by atoms with van der Waals surface area (Å²) >= 11 is 0. The molecule has 1 amide bonds. The first-order valence-electron chi connectivity index (χ1n) is 7.05. The standard InChI is InChI=1S/C18H13F2NO3S/c1-2-13-21(25(23,24)14-7-4-3-5-8-14)18(22)12-11-15-16(19)9-6-10-17(15)20/h1,3-12H,13H2/b12-11+. The number of amides is 1. The normalized spacial score (nSPS) is 11.2. The molecule has 0 saturated heterocycles. The van der Waals surface area contributed by atoms with Crippen LogP contribution in [0.25, 0.3) is 6.08 Å². The highest BCUT2D eigenvalue weighted by Gasteiger charge is 2.27. The molecule has 2 aromatic rings. The largest absolute Gasteiger partial charge is 0.269 e. The fourth-order valence-electron chi connectivity index (χ4n) is 1.99. The Hall–Kier alpha value is -2.98. The smallest absolute Gasteiger partial charge is 0.267 e. The third-order valence-electron chi connectivity index (χ3n) is 3.20. The van der Waals surface area contributed by atoms with E-state index in [1.807, 2.05) is 0 Å². The van der Waals surface area contributed by atoms with Crippen LogP contribution in [0, 0.1) is 24.0 Å². The van der Waals surface area contributed by atoms with Crippen LogP contribution in [-0.2, 0) is 14.8 Å². The molecule has 25 heavy (non-hydrogen) atoms. The summed E-state index contributed by atoms with van der Waals surface area (Å²) in [5, 5.41) is 0. The van der Waals surface area contributed by atoms with Crippen LogP contribution in [0.5, 0.6) is 0 Å². The van der Waals surface area contributed by atoms with E-state index in [0.29, 0.717) is 4.31 Å². The van der Waals surface area contributed by atoms with Crippen molar-refractivity contribution in [1.82, 2.24) is 4.31 Å². The second kappa shape index (κ2) is 7.73. The van der Waals surface area contributed by atoms with E-state index in [4.69, 9.17) is 6.42 Å². The molecule has 0 unspecified atom stereocenters. The maximum absolute atomic E-state index is 13.6. The summed E-state index contributed by atoms with van der Waals surface area (Å²) in [7, 11) is -4.18. The molecular weight excluding hydrogens is 348 g/mol. The van der Waals surface area contributed by atoms with E-state index in [1.165, 1.54) is 30.3 Å². The Kier molecular flexibility index (Phi) is 5.67. The summed E-state index contributed by atoms with van der Waals surface area (Å²) in [5.41, 5.74) is -0.450. The van der Waals surface area contributed by atoms with Gasteiger partial charge < -0.3 is 0 Å². The Labute approximate surface area is 144 Å². The van der Waals surface area contributed by atoms with Crippen LogP contribution in [0.1, 0.15) is 5.56 Å². The average Bonchev–Trinajstić information content (AvgIpc) is 2.59. The van der Waals surface area contributed by atoms with E-state index >= 15 is 0 Å². The van der Waals surface area contributed by atoms with Gasteiger partial charge in [0.1, 0.15) is 11.6 Å². The molecule has 0 radical (unpaired) electrons. The molecule has 0 aliphatic heterocycles. The molecule has 0 bridgehead atoms. The van der Waals surface area contributed by atoms with Crippen LogP contribution in [0.2, 0.25) is 0 Å². The number of nitrogens with zero attached hydrogens (tertiary/aromatic N) is 1. The highest BCUT2D eigenvalue weighted by molar-refractivity contribution is 7.89. The molecule has 0 aromatic heterocycles. The molecule has 128 valence electrons. The highest BCUT2D eigenvalue weighted by Crippen LogP contribution is 2.17. The Morgan fingerprint density at radius 2 is 1.68 bits per heavy atom. The number of sulfonamides is 1. The topological polar surface area (TPSA) is 54.5 Å². The van der Waals surface area contributed by atoms with Gasteiger partial charge in [0.05, 0.1) is 11.4 Å². The van der Waals surface area contributed by atoms with Crippen LogP contribution in [0.4, 0.5) is 8.78 Å². The summed E-state index contributed by atoms with van der Waals surface area (Å²) in [4.78, 5) is 12.1.